The minimum atomic E-state index is -2.81. The van der Waals surface area contributed by atoms with Gasteiger partial charge < -0.3 is 14.8 Å². The number of nitrogens with one attached hydrogen (secondary N) is 1. The maximum atomic E-state index is 14.0. The molecule has 0 saturated carbocycles. The molecule has 1 aliphatic heterocycles. The second kappa shape index (κ2) is 9.38. The second-order valence-electron chi connectivity index (χ2n) is 8.29. The maximum Gasteiger partial charge on any atom is 0.295 e. The van der Waals surface area contributed by atoms with Gasteiger partial charge in [-0.15, -0.1) is 5.10 Å². The van der Waals surface area contributed by atoms with E-state index in [4.69, 9.17) is 21.1 Å². The summed E-state index contributed by atoms with van der Waals surface area (Å²) in [6.07, 6.45) is -1.04. The number of hydrogen-bond donors (Lipinski definition) is 1. The largest absolute Gasteiger partial charge is 0.494 e. The highest BCUT2D eigenvalue weighted by Gasteiger charge is 2.29. The van der Waals surface area contributed by atoms with Gasteiger partial charge in [-0.1, -0.05) is 22.9 Å². The number of pyridine rings is 1. The van der Waals surface area contributed by atoms with E-state index in [1.54, 1.807) is 24.9 Å². The minimum Gasteiger partial charge on any atom is -0.494 e. The van der Waals surface area contributed by atoms with E-state index >= 15 is 0 Å². The molecule has 3 aromatic heterocycles. The quantitative estimate of drug-likeness (QED) is 0.343. The lowest BCUT2D eigenvalue weighted by Crippen LogP contribution is -2.20. The average molecular weight is 504 g/mol. The zero-order chi connectivity index (χ0) is 24.7. The smallest absolute Gasteiger partial charge is 0.295 e. The number of imidazole rings is 1. The molecule has 0 spiro atoms. The third-order valence-corrected chi connectivity index (χ3v) is 6.22. The first kappa shape index (κ1) is 23.4. The summed E-state index contributed by atoms with van der Waals surface area (Å²) in [5, 5.41) is 11.6. The molecule has 0 bridgehead atoms. The summed E-state index contributed by atoms with van der Waals surface area (Å²) in [5.41, 5.74) is 3.83. The van der Waals surface area contributed by atoms with Gasteiger partial charge in [0.05, 0.1) is 29.9 Å². The van der Waals surface area contributed by atoms with Crippen LogP contribution >= 0.6 is 11.6 Å². The van der Waals surface area contributed by atoms with Crippen molar-refractivity contribution in [3.05, 3.63) is 40.9 Å². The van der Waals surface area contributed by atoms with Gasteiger partial charge >= 0.3 is 0 Å². The summed E-state index contributed by atoms with van der Waals surface area (Å²) in [7, 11) is 3.36. The standard InChI is InChI=1S/C23H24ClF2N7O2/c1-12-19(32(2)31-30-12)13-7-6-8-14(20(13)34-3)27-15-11-16(24)28-22-18(15)29-23(21(25)26)33(22)17-9-4-5-10-35-17/h6-8,11,17,21H,4-5,9-10H2,1-3H3,(H,27,28). The van der Waals surface area contributed by atoms with Crippen LogP contribution in [0.4, 0.5) is 20.2 Å². The molecular weight excluding hydrogens is 480 g/mol. The van der Waals surface area contributed by atoms with E-state index in [0.29, 0.717) is 30.2 Å². The van der Waals surface area contributed by atoms with Crippen molar-refractivity contribution in [3.63, 3.8) is 0 Å². The Hall–Kier alpha value is -3.31. The molecule has 1 atom stereocenters. The first-order valence-electron chi connectivity index (χ1n) is 11.2. The summed E-state index contributed by atoms with van der Waals surface area (Å²) in [6, 6.07) is 7.12. The zero-order valence-electron chi connectivity index (χ0n) is 19.4. The third-order valence-electron chi connectivity index (χ3n) is 6.02. The molecule has 35 heavy (non-hydrogen) atoms. The van der Waals surface area contributed by atoms with Crippen LogP contribution in [-0.2, 0) is 11.8 Å². The number of hydrogen-bond acceptors (Lipinski definition) is 7. The molecular formula is C23H24ClF2N7O2. The van der Waals surface area contributed by atoms with E-state index < -0.39 is 18.5 Å². The fourth-order valence-corrected chi connectivity index (χ4v) is 4.72. The fourth-order valence-electron chi connectivity index (χ4n) is 4.53. The van der Waals surface area contributed by atoms with Crippen molar-refractivity contribution in [2.45, 2.75) is 38.8 Å². The number of benzene rings is 1. The van der Waals surface area contributed by atoms with Crippen LogP contribution in [0.1, 0.15) is 43.4 Å². The SMILES string of the molecule is COc1c(Nc2cc(Cl)nc3c2nc(C(F)F)n3C2CCCCO2)cccc1-c1c(C)nnn1C. The van der Waals surface area contributed by atoms with Gasteiger partial charge in [-0.2, -0.15) is 0 Å². The highest BCUT2D eigenvalue weighted by Crippen LogP contribution is 2.41. The van der Waals surface area contributed by atoms with Crippen molar-refractivity contribution >= 4 is 34.1 Å². The van der Waals surface area contributed by atoms with Crippen LogP contribution in [0.15, 0.2) is 24.3 Å². The monoisotopic (exact) mass is 503 g/mol. The summed E-state index contributed by atoms with van der Waals surface area (Å²) in [4.78, 5) is 8.61. The first-order chi connectivity index (χ1) is 16.9. The van der Waals surface area contributed by atoms with Gasteiger partial charge in [0.2, 0.25) is 0 Å². The molecule has 1 saturated heterocycles. The molecule has 184 valence electrons. The van der Waals surface area contributed by atoms with Gasteiger partial charge in [0.25, 0.3) is 6.43 Å². The molecule has 4 heterocycles. The predicted molar refractivity (Wildman–Crippen MR) is 127 cm³/mol. The highest BCUT2D eigenvalue weighted by molar-refractivity contribution is 6.30. The third kappa shape index (κ3) is 4.19. The number of halogens is 3. The molecule has 9 nitrogen and oxygen atoms in total. The number of nitrogens with zero attached hydrogens (tertiary/aromatic N) is 6. The summed E-state index contributed by atoms with van der Waals surface area (Å²) in [5.74, 6) is 0.133. The van der Waals surface area contributed by atoms with Gasteiger partial charge in [-0.05, 0) is 38.3 Å². The van der Waals surface area contributed by atoms with Gasteiger partial charge in [0.1, 0.15) is 16.9 Å². The van der Waals surface area contributed by atoms with E-state index in [-0.39, 0.29) is 16.3 Å². The average Bonchev–Trinajstić information content (AvgIpc) is 3.39. The van der Waals surface area contributed by atoms with Crippen molar-refractivity contribution in [3.8, 4) is 17.0 Å². The predicted octanol–water partition coefficient (Wildman–Crippen LogP) is 5.58. The normalized spacial score (nSPS) is 16.3. The zero-order valence-corrected chi connectivity index (χ0v) is 20.2. The number of para-hydroxylation sites is 1. The van der Waals surface area contributed by atoms with Gasteiger partial charge in [-0.25, -0.2) is 23.4 Å². The second-order valence-corrected chi connectivity index (χ2v) is 8.67. The number of alkyl halides is 2. The molecule has 1 aliphatic rings. The number of fused-ring (bicyclic) bond motifs is 1. The van der Waals surface area contributed by atoms with Gasteiger partial charge in [0, 0.05) is 25.3 Å². The summed E-state index contributed by atoms with van der Waals surface area (Å²) >= 11 is 6.35. The molecule has 1 aromatic carbocycles. The molecule has 1 unspecified atom stereocenters. The molecule has 1 fully saturated rings. The number of anilines is 2. The molecule has 0 aliphatic carbocycles. The van der Waals surface area contributed by atoms with Crippen molar-refractivity contribution in [1.29, 1.82) is 0 Å². The van der Waals surface area contributed by atoms with Crippen LogP contribution in [0.3, 0.4) is 0 Å². The molecule has 1 N–H and O–H groups in total. The topological polar surface area (TPSA) is 91.9 Å². The van der Waals surface area contributed by atoms with Crippen molar-refractivity contribution in [1.82, 2.24) is 29.5 Å². The molecule has 0 amide bonds. The van der Waals surface area contributed by atoms with Crippen LogP contribution < -0.4 is 10.1 Å². The fraction of sp³-hybridized carbons (Fsp3) is 0.391. The molecule has 5 rings (SSSR count). The highest BCUT2D eigenvalue weighted by atomic mass is 35.5. The van der Waals surface area contributed by atoms with E-state index in [0.717, 1.165) is 29.8 Å². The van der Waals surface area contributed by atoms with Crippen molar-refractivity contribution < 1.29 is 18.3 Å². The first-order valence-corrected chi connectivity index (χ1v) is 11.6. The van der Waals surface area contributed by atoms with Gasteiger partial charge in [-0.3, -0.25) is 4.57 Å². The Balaban J connectivity index is 1.64. The van der Waals surface area contributed by atoms with Crippen LogP contribution in [0.5, 0.6) is 5.75 Å². The Labute approximate surface area is 205 Å². The lowest BCUT2D eigenvalue weighted by molar-refractivity contribution is -0.0363. The summed E-state index contributed by atoms with van der Waals surface area (Å²) in [6.45, 7) is 2.35. The van der Waals surface area contributed by atoms with Crippen LogP contribution in [0.25, 0.3) is 22.4 Å². The Kier molecular flexibility index (Phi) is 6.28. The lowest BCUT2D eigenvalue weighted by atomic mass is 10.1. The van der Waals surface area contributed by atoms with Crippen LogP contribution in [0.2, 0.25) is 5.15 Å². The van der Waals surface area contributed by atoms with Crippen LogP contribution in [-0.4, -0.2) is 43.2 Å². The Bertz CT molecular complexity index is 1360. The summed E-state index contributed by atoms with van der Waals surface area (Å²) < 4.78 is 42.6. The van der Waals surface area contributed by atoms with E-state index in [2.05, 4.69) is 25.6 Å². The number of methoxy groups -OCH3 is 1. The molecule has 12 heteroatoms. The minimum absolute atomic E-state index is 0.138. The van der Waals surface area contributed by atoms with Crippen molar-refractivity contribution in [2.24, 2.45) is 7.05 Å². The van der Waals surface area contributed by atoms with E-state index in [1.807, 2.05) is 25.1 Å². The molecule has 0 radical (unpaired) electrons. The Morgan fingerprint density at radius 2 is 2.06 bits per heavy atom. The number of aromatic nitrogens is 6. The number of aryl methyl sites for hydroxylation is 2. The van der Waals surface area contributed by atoms with E-state index in [1.165, 1.54) is 4.57 Å². The van der Waals surface area contributed by atoms with Gasteiger partial charge in [0.15, 0.2) is 17.2 Å². The molecule has 4 aromatic rings. The Morgan fingerprint density at radius 1 is 1.23 bits per heavy atom. The maximum absolute atomic E-state index is 14.0. The lowest BCUT2D eigenvalue weighted by Gasteiger charge is -2.25. The van der Waals surface area contributed by atoms with E-state index in [9.17, 15) is 8.78 Å². The number of ether oxygens (including phenoxy) is 2. The van der Waals surface area contributed by atoms with Crippen molar-refractivity contribution in [2.75, 3.05) is 19.0 Å². The Morgan fingerprint density at radius 3 is 2.71 bits per heavy atom. The van der Waals surface area contributed by atoms with Crippen LogP contribution in [0, 0.1) is 6.92 Å². The number of rotatable bonds is 6.